The van der Waals surface area contributed by atoms with Crippen LogP contribution in [0.15, 0.2) is 24.4 Å². The van der Waals surface area contributed by atoms with Crippen molar-refractivity contribution in [2.75, 3.05) is 0 Å². The lowest BCUT2D eigenvalue weighted by Crippen LogP contribution is -2.39. The molecule has 0 aromatic carbocycles. The lowest BCUT2D eigenvalue weighted by Gasteiger charge is -2.28. The van der Waals surface area contributed by atoms with E-state index in [2.05, 4.69) is 4.98 Å². The lowest BCUT2D eigenvalue weighted by atomic mass is 10.1. The standard InChI is InChI=1S/C19H24N4O/c1-22-18-11-6-9-15(18)17(21-22)13-23(14-7-2-3-8-14)19(24)16-10-4-5-12-20-16/h4-5,10,12,14H,2-3,6-9,11,13H2,1H3. The normalized spacial score (nSPS) is 17.2. The van der Waals surface area contributed by atoms with Crippen molar-refractivity contribution in [1.82, 2.24) is 19.7 Å². The third-order valence-corrected chi connectivity index (χ3v) is 5.43. The molecule has 1 amide bonds. The van der Waals surface area contributed by atoms with Gasteiger partial charge < -0.3 is 4.90 Å². The van der Waals surface area contributed by atoms with Gasteiger partial charge in [-0.15, -0.1) is 0 Å². The van der Waals surface area contributed by atoms with Crippen LogP contribution in [0.25, 0.3) is 0 Å². The predicted molar refractivity (Wildman–Crippen MR) is 91.6 cm³/mol. The first kappa shape index (κ1) is 15.4. The fraction of sp³-hybridized carbons (Fsp3) is 0.526. The summed E-state index contributed by atoms with van der Waals surface area (Å²) in [5.74, 6) is 0.0416. The van der Waals surface area contributed by atoms with Crippen LogP contribution in [0, 0.1) is 0 Å². The fourth-order valence-electron chi connectivity index (χ4n) is 4.20. The number of carbonyl (C=O) groups is 1. The molecule has 0 atom stereocenters. The zero-order valence-corrected chi connectivity index (χ0v) is 14.2. The van der Waals surface area contributed by atoms with Crippen LogP contribution in [-0.2, 0) is 26.4 Å². The van der Waals surface area contributed by atoms with Crippen LogP contribution >= 0.6 is 0 Å². The smallest absolute Gasteiger partial charge is 0.273 e. The Balaban J connectivity index is 1.64. The van der Waals surface area contributed by atoms with Crippen LogP contribution in [0.1, 0.15) is 59.5 Å². The van der Waals surface area contributed by atoms with Gasteiger partial charge in [-0.1, -0.05) is 18.9 Å². The maximum Gasteiger partial charge on any atom is 0.273 e. The van der Waals surface area contributed by atoms with Gasteiger partial charge in [0.05, 0.1) is 12.2 Å². The van der Waals surface area contributed by atoms with Gasteiger partial charge in [0.25, 0.3) is 5.91 Å². The van der Waals surface area contributed by atoms with E-state index in [0.717, 1.165) is 31.4 Å². The van der Waals surface area contributed by atoms with Crippen LogP contribution in [0.5, 0.6) is 0 Å². The van der Waals surface area contributed by atoms with Crippen LogP contribution < -0.4 is 0 Å². The summed E-state index contributed by atoms with van der Waals surface area (Å²) >= 11 is 0. The minimum Gasteiger partial charge on any atom is -0.328 e. The Kier molecular flexibility index (Phi) is 4.08. The summed E-state index contributed by atoms with van der Waals surface area (Å²) in [5, 5.41) is 4.72. The topological polar surface area (TPSA) is 51.0 Å². The van der Waals surface area contributed by atoms with Gasteiger partial charge in [0.2, 0.25) is 0 Å². The van der Waals surface area contributed by atoms with E-state index in [9.17, 15) is 4.79 Å². The van der Waals surface area contributed by atoms with E-state index in [4.69, 9.17) is 5.10 Å². The largest absolute Gasteiger partial charge is 0.328 e. The highest BCUT2D eigenvalue weighted by molar-refractivity contribution is 5.92. The number of pyridine rings is 1. The van der Waals surface area contributed by atoms with E-state index < -0.39 is 0 Å². The summed E-state index contributed by atoms with van der Waals surface area (Å²) < 4.78 is 2.01. The molecule has 0 aliphatic heterocycles. The Hall–Kier alpha value is -2.17. The molecule has 0 saturated heterocycles. The zero-order valence-electron chi connectivity index (χ0n) is 14.2. The second kappa shape index (κ2) is 6.38. The summed E-state index contributed by atoms with van der Waals surface area (Å²) in [4.78, 5) is 19.4. The molecule has 0 unspecified atom stereocenters. The first-order valence-electron chi connectivity index (χ1n) is 8.99. The number of nitrogens with zero attached hydrogens (tertiary/aromatic N) is 4. The minimum absolute atomic E-state index is 0.0416. The maximum absolute atomic E-state index is 13.1. The molecule has 5 nitrogen and oxygen atoms in total. The van der Waals surface area contributed by atoms with Crippen molar-refractivity contribution in [3.63, 3.8) is 0 Å². The van der Waals surface area contributed by atoms with Crippen molar-refractivity contribution < 1.29 is 4.79 Å². The quantitative estimate of drug-likeness (QED) is 0.869. The number of carbonyl (C=O) groups excluding carboxylic acids is 1. The van der Waals surface area contributed by atoms with Crippen molar-refractivity contribution in [2.24, 2.45) is 7.05 Å². The molecule has 0 N–H and O–H groups in total. The number of rotatable bonds is 4. The van der Waals surface area contributed by atoms with Gasteiger partial charge in [-0.2, -0.15) is 5.10 Å². The number of fused-ring (bicyclic) bond motifs is 1. The number of hydrogen-bond donors (Lipinski definition) is 0. The molecular formula is C19H24N4O. The zero-order chi connectivity index (χ0) is 16.5. The summed E-state index contributed by atoms with van der Waals surface area (Å²) in [6.07, 6.45) is 9.69. The number of hydrogen-bond acceptors (Lipinski definition) is 3. The maximum atomic E-state index is 13.1. The van der Waals surface area contributed by atoms with Gasteiger partial charge in [-0.05, 0) is 49.8 Å². The Bertz CT molecular complexity index is 731. The molecule has 2 aromatic heterocycles. The molecule has 126 valence electrons. The minimum atomic E-state index is 0.0416. The van der Waals surface area contributed by atoms with Crippen LogP contribution in [-0.4, -0.2) is 31.6 Å². The molecule has 5 heteroatoms. The summed E-state index contributed by atoms with van der Waals surface area (Å²) in [6.45, 7) is 0.614. The molecule has 2 aromatic rings. The number of amides is 1. The molecule has 2 aliphatic carbocycles. The van der Waals surface area contributed by atoms with E-state index >= 15 is 0 Å². The Labute approximate surface area is 142 Å². The summed E-state index contributed by atoms with van der Waals surface area (Å²) in [7, 11) is 2.02. The highest BCUT2D eigenvalue weighted by Crippen LogP contribution is 2.29. The average Bonchev–Trinajstić information content (AvgIpc) is 3.33. The van der Waals surface area contributed by atoms with E-state index in [1.165, 1.54) is 30.5 Å². The molecule has 4 rings (SSSR count). The third-order valence-electron chi connectivity index (χ3n) is 5.43. The van der Waals surface area contributed by atoms with Crippen LogP contribution in [0.4, 0.5) is 0 Å². The molecule has 1 saturated carbocycles. The molecular weight excluding hydrogens is 300 g/mol. The van der Waals surface area contributed by atoms with Crippen LogP contribution in [0.3, 0.4) is 0 Å². The lowest BCUT2D eigenvalue weighted by molar-refractivity contribution is 0.0654. The van der Waals surface area contributed by atoms with Gasteiger partial charge in [0.1, 0.15) is 5.69 Å². The van der Waals surface area contributed by atoms with Crippen molar-refractivity contribution in [3.05, 3.63) is 47.0 Å². The molecule has 0 radical (unpaired) electrons. The second-order valence-corrected chi connectivity index (χ2v) is 6.94. The van der Waals surface area contributed by atoms with Gasteiger partial charge >= 0.3 is 0 Å². The molecule has 24 heavy (non-hydrogen) atoms. The van der Waals surface area contributed by atoms with E-state index in [1.54, 1.807) is 6.20 Å². The highest BCUT2D eigenvalue weighted by atomic mass is 16.2. The van der Waals surface area contributed by atoms with Gasteiger partial charge in [-0.3, -0.25) is 14.5 Å². The monoisotopic (exact) mass is 324 g/mol. The first-order valence-corrected chi connectivity index (χ1v) is 8.99. The van der Waals surface area contributed by atoms with E-state index in [0.29, 0.717) is 18.3 Å². The SMILES string of the molecule is Cn1nc(CN(C(=O)c2ccccn2)C2CCCC2)c2c1CCC2. The highest BCUT2D eigenvalue weighted by Gasteiger charge is 2.31. The number of aromatic nitrogens is 3. The first-order chi connectivity index (χ1) is 11.7. The van der Waals surface area contributed by atoms with Gasteiger partial charge in [-0.25, -0.2) is 0 Å². The fourth-order valence-corrected chi connectivity index (χ4v) is 4.20. The molecule has 0 spiro atoms. The molecule has 0 bridgehead atoms. The van der Waals surface area contributed by atoms with Crippen molar-refractivity contribution in [1.29, 1.82) is 0 Å². The molecule has 2 heterocycles. The Morgan fingerprint density at radius 3 is 2.83 bits per heavy atom. The summed E-state index contributed by atoms with van der Waals surface area (Å²) in [6, 6.07) is 5.86. The van der Waals surface area contributed by atoms with Crippen molar-refractivity contribution in [2.45, 2.75) is 57.5 Å². The second-order valence-electron chi connectivity index (χ2n) is 6.94. The van der Waals surface area contributed by atoms with Crippen molar-refractivity contribution >= 4 is 5.91 Å². The van der Waals surface area contributed by atoms with Gasteiger partial charge in [0.15, 0.2) is 0 Å². The van der Waals surface area contributed by atoms with Crippen molar-refractivity contribution in [3.8, 4) is 0 Å². The average molecular weight is 324 g/mol. The van der Waals surface area contributed by atoms with E-state index in [1.807, 2.05) is 34.8 Å². The van der Waals surface area contributed by atoms with Crippen LogP contribution in [0.2, 0.25) is 0 Å². The molecule has 2 aliphatic rings. The Morgan fingerprint density at radius 1 is 1.25 bits per heavy atom. The third kappa shape index (κ3) is 2.72. The van der Waals surface area contributed by atoms with E-state index in [-0.39, 0.29) is 5.91 Å². The molecule has 1 fully saturated rings. The predicted octanol–water partition coefficient (Wildman–Crippen LogP) is 2.89. The number of aryl methyl sites for hydroxylation is 1. The Morgan fingerprint density at radius 2 is 2.08 bits per heavy atom. The summed E-state index contributed by atoms with van der Waals surface area (Å²) in [5.41, 5.74) is 4.34. The van der Waals surface area contributed by atoms with Gasteiger partial charge in [0, 0.05) is 25.0 Å².